The second-order valence-electron chi connectivity index (χ2n) is 6.11. The fraction of sp³-hybridized carbons (Fsp3) is 0.368. The average Bonchev–Trinajstić information content (AvgIpc) is 3.09. The van der Waals surface area contributed by atoms with Crippen LogP contribution >= 0.6 is 15.9 Å². The Bertz CT molecular complexity index is 738. The van der Waals surface area contributed by atoms with E-state index < -0.39 is 0 Å². The number of halogens is 1. The standard InChI is InChI=1S/C19H22BrN3O2/c1-2-25-18-10-15(6-8-21-18)19(24)22-12-14-7-9-23(13-14)17-5-3-4-16(20)11-17/h3-6,8,10-11,14H,2,7,9,12-13H2,1H3,(H,22,24). The van der Waals surface area contributed by atoms with Crippen molar-refractivity contribution in [3.05, 3.63) is 52.6 Å². The summed E-state index contributed by atoms with van der Waals surface area (Å²) in [5.74, 6) is 0.859. The molecule has 1 aliphatic heterocycles. The maximum Gasteiger partial charge on any atom is 0.251 e. The molecular formula is C19H22BrN3O2. The fourth-order valence-electron chi connectivity index (χ4n) is 3.02. The molecule has 1 aromatic carbocycles. The van der Waals surface area contributed by atoms with E-state index in [0.717, 1.165) is 24.0 Å². The van der Waals surface area contributed by atoms with E-state index >= 15 is 0 Å². The van der Waals surface area contributed by atoms with Crippen molar-refractivity contribution in [1.82, 2.24) is 10.3 Å². The Morgan fingerprint density at radius 2 is 2.28 bits per heavy atom. The first-order valence-corrected chi connectivity index (χ1v) is 9.32. The zero-order chi connectivity index (χ0) is 17.6. The minimum absolute atomic E-state index is 0.0794. The summed E-state index contributed by atoms with van der Waals surface area (Å²) in [6.45, 7) is 5.07. The van der Waals surface area contributed by atoms with Gasteiger partial charge in [-0.3, -0.25) is 4.79 Å². The van der Waals surface area contributed by atoms with E-state index in [4.69, 9.17) is 4.74 Å². The maximum absolute atomic E-state index is 12.3. The Morgan fingerprint density at radius 1 is 1.40 bits per heavy atom. The molecule has 0 saturated carbocycles. The molecule has 0 aliphatic carbocycles. The zero-order valence-electron chi connectivity index (χ0n) is 14.2. The van der Waals surface area contributed by atoms with Crippen molar-refractivity contribution in [2.75, 3.05) is 31.1 Å². The number of carbonyl (C=O) groups excluding carboxylic acids is 1. The van der Waals surface area contributed by atoms with Crippen LogP contribution in [0.2, 0.25) is 0 Å². The van der Waals surface area contributed by atoms with Crippen LogP contribution in [0.15, 0.2) is 47.1 Å². The number of pyridine rings is 1. The summed E-state index contributed by atoms with van der Waals surface area (Å²) in [7, 11) is 0. The quantitative estimate of drug-likeness (QED) is 0.801. The van der Waals surface area contributed by atoms with Crippen LogP contribution in [0.1, 0.15) is 23.7 Å². The lowest BCUT2D eigenvalue weighted by molar-refractivity contribution is 0.0947. The Balaban J connectivity index is 1.52. The third kappa shape index (κ3) is 4.72. The topological polar surface area (TPSA) is 54.5 Å². The third-order valence-corrected chi connectivity index (χ3v) is 4.79. The number of ether oxygens (including phenoxy) is 1. The predicted molar refractivity (Wildman–Crippen MR) is 102 cm³/mol. The lowest BCUT2D eigenvalue weighted by Gasteiger charge is -2.19. The van der Waals surface area contributed by atoms with Crippen molar-refractivity contribution >= 4 is 27.5 Å². The number of nitrogens with zero attached hydrogens (tertiary/aromatic N) is 2. The Labute approximate surface area is 156 Å². The van der Waals surface area contributed by atoms with Gasteiger partial charge in [0.05, 0.1) is 6.61 Å². The zero-order valence-corrected chi connectivity index (χ0v) is 15.8. The molecule has 1 aliphatic rings. The second kappa shape index (κ2) is 8.34. The van der Waals surface area contributed by atoms with Crippen LogP contribution in [0, 0.1) is 5.92 Å². The molecule has 1 unspecified atom stereocenters. The van der Waals surface area contributed by atoms with Crippen LogP contribution < -0.4 is 15.0 Å². The molecule has 1 atom stereocenters. The van der Waals surface area contributed by atoms with E-state index in [1.807, 2.05) is 19.1 Å². The highest BCUT2D eigenvalue weighted by Gasteiger charge is 2.23. The number of hydrogen-bond acceptors (Lipinski definition) is 4. The summed E-state index contributed by atoms with van der Waals surface area (Å²) in [6.07, 6.45) is 2.68. The first-order valence-electron chi connectivity index (χ1n) is 8.53. The highest BCUT2D eigenvalue weighted by molar-refractivity contribution is 9.10. The number of nitrogens with one attached hydrogen (secondary N) is 1. The van der Waals surface area contributed by atoms with Crippen LogP contribution in [0.5, 0.6) is 5.88 Å². The first kappa shape index (κ1) is 17.7. The molecule has 0 spiro atoms. The van der Waals surface area contributed by atoms with E-state index in [0.29, 0.717) is 30.5 Å². The number of hydrogen-bond donors (Lipinski definition) is 1. The van der Waals surface area contributed by atoms with Crippen LogP contribution in [0.3, 0.4) is 0 Å². The van der Waals surface area contributed by atoms with Gasteiger partial charge in [0.15, 0.2) is 0 Å². The lowest BCUT2D eigenvalue weighted by atomic mass is 10.1. The van der Waals surface area contributed by atoms with Gasteiger partial charge in [-0.1, -0.05) is 22.0 Å². The number of benzene rings is 1. The van der Waals surface area contributed by atoms with Gasteiger partial charge in [-0.2, -0.15) is 0 Å². The Morgan fingerprint density at radius 3 is 3.08 bits per heavy atom. The van der Waals surface area contributed by atoms with Crippen LogP contribution in [0.25, 0.3) is 0 Å². The summed E-state index contributed by atoms with van der Waals surface area (Å²) >= 11 is 3.52. The summed E-state index contributed by atoms with van der Waals surface area (Å²) < 4.78 is 6.43. The average molecular weight is 404 g/mol. The number of carbonyl (C=O) groups is 1. The predicted octanol–water partition coefficient (Wildman–Crippen LogP) is 3.50. The van der Waals surface area contributed by atoms with Crippen molar-refractivity contribution in [2.45, 2.75) is 13.3 Å². The molecular weight excluding hydrogens is 382 g/mol. The highest BCUT2D eigenvalue weighted by Crippen LogP contribution is 2.26. The largest absolute Gasteiger partial charge is 0.478 e. The van der Waals surface area contributed by atoms with Gasteiger partial charge in [0.1, 0.15) is 0 Å². The lowest BCUT2D eigenvalue weighted by Crippen LogP contribution is -2.31. The fourth-order valence-corrected chi connectivity index (χ4v) is 3.41. The van der Waals surface area contributed by atoms with E-state index in [1.54, 1.807) is 18.3 Å². The number of amides is 1. The number of anilines is 1. The Kier molecular flexibility index (Phi) is 5.91. The molecule has 1 N–H and O–H groups in total. The van der Waals surface area contributed by atoms with Crippen molar-refractivity contribution in [1.29, 1.82) is 0 Å². The van der Waals surface area contributed by atoms with Gasteiger partial charge < -0.3 is 15.0 Å². The molecule has 3 rings (SSSR count). The molecule has 5 nitrogen and oxygen atoms in total. The molecule has 0 radical (unpaired) electrons. The summed E-state index contributed by atoms with van der Waals surface area (Å²) in [5.41, 5.74) is 1.80. The summed E-state index contributed by atoms with van der Waals surface area (Å²) in [5, 5.41) is 3.04. The highest BCUT2D eigenvalue weighted by atomic mass is 79.9. The maximum atomic E-state index is 12.3. The van der Waals surface area contributed by atoms with Crippen LogP contribution in [-0.4, -0.2) is 37.1 Å². The molecule has 1 fully saturated rings. The Hall–Kier alpha value is -2.08. The van der Waals surface area contributed by atoms with Gasteiger partial charge in [0, 0.05) is 47.6 Å². The molecule has 1 amide bonds. The molecule has 2 heterocycles. The molecule has 132 valence electrons. The van der Waals surface area contributed by atoms with Crippen molar-refractivity contribution in [3.8, 4) is 5.88 Å². The smallest absolute Gasteiger partial charge is 0.251 e. The minimum Gasteiger partial charge on any atom is -0.478 e. The first-order chi connectivity index (χ1) is 12.2. The van der Waals surface area contributed by atoms with E-state index in [1.165, 1.54) is 5.69 Å². The summed E-state index contributed by atoms with van der Waals surface area (Å²) in [6, 6.07) is 11.7. The van der Waals surface area contributed by atoms with Gasteiger partial charge in [-0.25, -0.2) is 4.98 Å². The van der Waals surface area contributed by atoms with Gasteiger partial charge in [0.25, 0.3) is 5.91 Å². The van der Waals surface area contributed by atoms with Gasteiger partial charge in [0.2, 0.25) is 5.88 Å². The summed E-state index contributed by atoms with van der Waals surface area (Å²) in [4.78, 5) is 18.8. The molecule has 1 saturated heterocycles. The minimum atomic E-state index is -0.0794. The van der Waals surface area contributed by atoms with Crippen molar-refractivity contribution in [2.24, 2.45) is 5.92 Å². The molecule has 0 bridgehead atoms. The normalized spacial score (nSPS) is 16.7. The SMILES string of the molecule is CCOc1cc(C(=O)NCC2CCN(c3cccc(Br)c3)C2)ccn1. The number of aromatic nitrogens is 1. The van der Waals surface area contributed by atoms with Gasteiger partial charge >= 0.3 is 0 Å². The molecule has 1 aromatic heterocycles. The molecule has 2 aromatic rings. The van der Waals surface area contributed by atoms with Crippen molar-refractivity contribution in [3.63, 3.8) is 0 Å². The third-order valence-electron chi connectivity index (χ3n) is 4.30. The molecule has 6 heteroatoms. The van der Waals surface area contributed by atoms with E-state index in [2.05, 4.69) is 43.3 Å². The number of rotatable bonds is 6. The van der Waals surface area contributed by atoms with Gasteiger partial charge in [-0.15, -0.1) is 0 Å². The van der Waals surface area contributed by atoms with Gasteiger partial charge in [-0.05, 0) is 43.5 Å². The second-order valence-corrected chi connectivity index (χ2v) is 7.02. The van der Waals surface area contributed by atoms with Crippen LogP contribution in [-0.2, 0) is 0 Å². The van der Waals surface area contributed by atoms with E-state index in [9.17, 15) is 4.79 Å². The van der Waals surface area contributed by atoms with Crippen LogP contribution in [0.4, 0.5) is 5.69 Å². The monoisotopic (exact) mass is 403 g/mol. The van der Waals surface area contributed by atoms with E-state index in [-0.39, 0.29) is 5.91 Å². The van der Waals surface area contributed by atoms with Crippen molar-refractivity contribution < 1.29 is 9.53 Å². The molecule has 25 heavy (non-hydrogen) atoms.